The summed E-state index contributed by atoms with van der Waals surface area (Å²) in [5.41, 5.74) is 1.26. The van der Waals surface area contributed by atoms with Gasteiger partial charge in [-0.05, 0) is 60.7 Å². The van der Waals surface area contributed by atoms with Crippen LogP contribution in [0.1, 0.15) is 5.69 Å². The van der Waals surface area contributed by atoms with E-state index in [9.17, 15) is 13.2 Å². The topological polar surface area (TPSA) is 70.6 Å². The zero-order chi connectivity index (χ0) is 21.7. The first kappa shape index (κ1) is 22.2. The maximum Gasteiger partial charge on any atom is 0.243 e. The Bertz CT molecular complexity index is 1110. The van der Waals surface area contributed by atoms with Crippen LogP contribution in [0.3, 0.4) is 0 Å². The lowest BCUT2D eigenvalue weighted by Gasteiger charge is -2.25. The highest BCUT2D eigenvalue weighted by Gasteiger charge is 2.26. The van der Waals surface area contributed by atoms with E-state index >= 15 is 0 Å². The largest absolute Gasteiger partial charge is 0.305 e. The van der Waals surface area contributed by atoms with Crippen molar-refractivity contribution in [2.24, 2.45) is 0 Å². The molecule has 30 heavy (non-hydrogen) atoms. The summed E-state index contributed by atoms with van der Waals surface area (Å²) in [6.07, 6.45) is 1.64. The van der Waals surface area contributed by atoms with Crippen molar-refractivity contribution in [3.63, 3.8) is 0 Å². The maximum atomic E-state index is 13.1. The molecule has 1 amide bonds. The van der Waals surface area contributed by atoms with E-state index in [1.165, 1.54) is 36.2 Å². The maximum absolute atomic E-state index is 13.1. The van der Waals surface area contributed by atoms with Crippen molar-refractivity contribution in [2.45, 2.75) is 11.4 Å². The van der Waals surface area contributed by atoms with Gasteiger partial charge in [0.25, 0.3) is 0 Å². The van der Waals surface area contributed by atoms with Crippen molar-refractivity contribution in [3.05, 3.63) is 88.7 Å². The van der Waals surface area contributed by atoms with Crippen molar-refractivity contribution in [3.8, 4) is 0 Å². The predicted molar refractivity (Wildman–Crippen MR) is 118 cm³/mol. The van der Waals surface area contributed by atoms with Gasteiger partial charge in [0.2, 0.25) is 15.9 Å². The highest BCUT2D eigenvalue weighted by Crippen LogP contribution is 2.22. The standard InChI is InChI=1S/C21H19Cl2N3O3S/c1-25(30(28,29)20-11-7-17(23)8-12-20)15-21(27)26(14-18-4-2-3-13-24-18)19-9-5-16(22)6-10-19/h2-13H,14-15H2,1H3. The van der Waals surface area contributed by atoms with Crippen LogP contribution in [0.25, 0.3) is 0 Å². The monoisotopic (exact) mass is 463 g/mol. The quantitative estimate of drug-likeness (QED) is 0.525. The minimum atomic E-state index is -3.86. The summed E-state index contributed by atoms with van der Waals surface area (Å²) >= 11 is 11.8. The Balaban J connectivity index is 1.85. The molecule has 3 rings (SSSR count). The molecule has 0 saturated heterocycles. The minimum absolute atomic E-state index is 0.0602. The Morgan fingerprint density at radius 2 is 1.53 bits per heavy atom. The van der Waals surface area contributed by atoms with Gasteiger partial charge < -0.3 is 4.90 Å². The van der Waals surface area contributed by atoms with Crippen LogP contribution in [0.2, 0.25) is 10.0 Å². The number of likely N-dealkylation sites (N-methyl/N-ethyl adjacent to an activating group) is 1. The molecule has 9 heteroatoms. The van der Waals surface area contributed by atoms with Gasteiger partial charge in [-0.3, -0.25) is 9.78 Å². The number of aromatic nitrogens is 1. The summed E-state index contributed by atoms with van der Waals surface area (Å²) in [4.78, 5) is 18.9. The summed E-state index contributed by atoms with van der Waals surface area (Å²) in [5, 5.41) is 0.961. The third-order valence-electron chi connectivity index (χ3n) is 4.37. The lowest BCUT2D eigenvalue weighted by Crippen LogP contribution is -2.41. The smallest absolute Gasteiger partial charge is 0.243 e. The molecule has 0 radical (unpaired) electrons. The summed E-state index contributed by atoms with van der Waals surface area (Å²) in [6, 6.07) is 17.9. The Morgan fingerprint density at radius 3 is 2.10 bits per heavy atom. The molecule has 0 N–H and O–H groups in total. The van der Waals surface area contributed by atoms with E-state index in [0.717, 1.165) is 4.31 Å². The first-order chi connectivity index (χ1) is 14.3. The molecule has 0 bridgehead atoms. The molecule has 3 aromatic rings. The Kier molecular flexibility index (Phi) is 7.10. The molecule has 1 heterocycles. The van der Waals surface area contributed by atoms with E-state index in [0.29, 0.717) is 21.4 Å². The van der Waals surface area contributed by atoms with Crippen molar-refractivity contribution in [1.29, 1.82) is 0 Å². The second-order valence-electron chi connectivity index (χ2n) is 6.49. The second kappa shape index (κ2) is 9.57. The molecule has 0 atom stereocenters. The predicted octanol–water partition coefficient (Wildman–Crippen LogP) is 4.24. The van der Waals surface area contributed by atoms with E-state index in [2.05, 4.69) is 4.98 Å². The zero-order valence-electron chi connectivity index (χ0n) is 16.1. The van der Waals surface area contributed by atoms with Gasteiger partial charge in [0.05, 0.1) is 23.7 Å². The fourth-order valence-corrected chi connectivity index (χ4v) is 4.12. The fourth-order valence-electron chi connectivity index (χ4n) is 2.75. The van der Waals surface area contributed by atoms with E-state index in [4.69, 9.17) is 23.2 Å². The fraction of sp³-hybridized carbons (Fsp3) is 0.143. The van der Waals surface area contributed by atoms with Gasteiger partial charge in [-0.15, -0.1) is 0 Å². The van der Waals surface area contributed by atoms with Crippen molar-refractivity contribution in [2.75, 3.05) is 18.5 Å². The second-order valence-corrected chi connectivity index (χ2v) is 9.41. The molecule has 6 nitrogen and oxygen atoms in total. The lowest BCUT2D eigenvalue weighted by atomic mass is 10.2. The van der Waals surface area contributed by atoms with E-state index in [1.807, 2.05) is 6.07 Å². The number of halogens is 2. The molecule has 0 unspecified atom stereocenters. The van der Waals surface area contributed by atoms with Gasteiger partial charge in [0.15, 0.2) is 0 Å². The minimum Gasteiger partial charge on any atom is -0.305 e. The number of pyridine rings is 1. The van der Waals surface area contributed by atoms with Crippen LogP contribution in [0.4, 0.5) is 5.69 Å². The number of anilines is 1. The lowest BCUT2D eigenvalue weighted by molar-refractivity contribution is -0.118. The first-order valence-corrected chi connectivity index (χ1v) is 11.1. The van der Waals surface area contributed by atoms with Crippen LogP contribution in [-0.2, 0) is 21.4 Å². The molecule has 0 aliphatic carbocycles. The molecule has 0 aliphatic heterocycles. The van der Waals surface area contributed by atoms with Gasteiger partial charge in [0.1, 0.15) is 0 Å². The summed E-state index contributed by atoms with van der Waals surface area (Å²) < 4.78 is 26.7. The molecule has 0 spiro atoms. The molecule has 1 aromatic heterocycles. The molecule has 156 valence electrons. The third-order valence-corrected chi connectivity index (χ3v) is 6.69. The van der Waals surface area contributed by atoms with E-state index in [1.54, 1.807) is 42.6 Å². The van der Waals surface area contributed by atoms with Gasteiger partial charge in [-0.25, -0.2) is 8.42 Å². The highest BCUT2D eigenvalue weighted by molar-refractivity contribution is 7.89. The van der Waals surface area contributed by atoms with Crippen LogP contribution in [-0.4, -0.2) is 37.2 Å². The molecule has 0 saturated carbocycles. The van der Waals surface area contributed by atoms with E-state index in [-0.39, 0.29) is 18.0 Å². The number of rotatable bonds is 7. The van der Waals surface area contributed by atoms with Crippen LogP contribution >= 0.6 is 23.2 Å². The van der Waals surface area contributed by atoms with Crippen molar-refractivity contribution in [1.82, 2.24) is 9.29 Å². The van der Waals surface area contributed by atoms with E-state index < -0.39 is 15.9 Å². The Labute approximate surface area is 185 Å². The first-order valence-electron chi connectivity index (χ1n) is 8.95. The molecular weight excluding hydrogens is 445 g/mol. The van der Waals surface area contributed by atoms with Gasteiger partial charge in [0, 0.05) is 29.0 Å². The van der Waals surface area contributed by atoms with Gasteiger partial charge in [-0.1, -0.05) is 29.3 Å². The number of amides is 1. The van der Waals surface area contributed by atoms with Crippen LogP contribution < -0.4 is 4.90 Å². The average Bonchev–Trinajstić information content (AvgIpc) is 2.73. The normalized spacial score (nSPS) is 11.5. The molecule has 2 aromatic carbocycles. The van der Waals surface area contributed by atoms with Crippen molar-refractivity contribution < 1.29 is 13.2 Å². The Hall–Kier alpha value is -2.45. The average molecular weight is 464 g/mol. The Morgan fingerprint density at radius 1 is 0.933 bits per heavy atom. The molecular formula is C21H19Cl2N3O3S. The summed E-state index contributed by atoms with van der Waals surface area (Å²) in [5.74, 6) is -0.400. The number of benzene rings is 2. The number of nitrogens with zero attached hydrogens (tertiary/aromatic N) is 3. The summed E-state index contributed by atoms with van der Waals surface area (Å²) in [7, 11) is -2.49. The van der Waals surface area contributed by atoms with Crippen LogP contribution in [0.15, 0.2) is 77.8 Å². The number of sulfonamides is 1. The number of carbonyl (C=O) groups is 1. The highest BCUT2D eigenvalue weighted by atomic mass is 35.5. The SMILES string of the molecule is CN(CC(=O)N(Cc1ccccn1)c1ccc(Cl)cc1)S(=O)(=O)c1ccc(Cl)cc1. The number of carbonyl (C=O) groups excluding carboxylic acids is 1. The van der Waals surface area contributed by atoms with Gasteiger partial charge >= 0.3 is 0 Å². The van der Waals surface area contributed by atoms with Gasteiger partial charge in [-0.2, -0.15) is 4.31 Å². The zero-order valence-corrected chi connectivity index (χ0v) is 18.4. The van der Waals surface area contributed by atoms with Crippen LogP contribution in [0, 0.1) is 0 Å². The van der Waals surface area contributed by atoms with Crippen LogP contribution in [0.5, 0.6) is 0 Å². The summed E-state index contributed by atoms with van der Waals surface area (Å²) in [6.45, 7) is -0.156. The number of hydrogen-bond acceptors (Lipinski definition) is 4. The number of hydrogen-bond donors (Lipinski definition) is 0. The third kappa shape index (κ3) is 5.37. The molecule has 0 fully saturated rings. The van der Waals surface area contributed by atoms with Crippen molar-refractivity contribution >= 4 is 44.8 Å². The molecule has 0 aliphatic rings.